The van der Waals surface area contributed by atoms with Crippen molar-refractivity contribution in [3.8, 4) is 0 Å². The third-order valence-electron chi connectivity index (χ3n) is 14.0. The van der Waals surface area contributed by atoms with Crippen LogP contribution >= 0.6 is 21.6 Å². The van der Waals surface area contributed by atoms with Gasteiger partial charge < -0.3 is 21.3 Å². The Morgan fingerprint density at radius 3 is 1.17 bits per heavy atom. The lowest BCUT2D eigenvalue weighted by atomic mass is 9.83. The summed E-state index contributed by atoms with van der Waals surface area (Å²) in [5.74, 6) is 3.17. The molecular weight excluding hydrogens is 685 g/mol. The molecule has 0 unspecified atom stereocenters. The van der Waals surface area contributed by atoms with Crippen molar-refractivity contribution < 1.29 is 9.59 Å². The molecular formula is C42H60N6O2S2. The van der Waals surface area contributed by atoms with Gasteiger partial charge in [0.15, 0.2) is 0 Å². The molecule has 4 heterocycles. The highest BCUT2D eigenvalue weighted by Crippen LogP contribution is 2.54. The van der Waals surface area contributed by atoms with Crippen LogP contribution in [-0.4, -0.2) is 81.4 Å². The summed E-state index contributed by atoms with van der Waals surface area (Å²) >= 11 is 0. The molecule has 0 aromatic heterocycles. The highest BCUT2D eigenvalue weighted by molar-refractivity contribution is 8.76. The Balaban J connectivity index is 0.702. The van der Waals surface area contributed by atoms with Gasteiger partial charge in [-0.1, -0.05) is 70.1 Å². The average molecular weight is 745 g/mol. The zero-order valence-electron chi connectivity index (χ0n) is 31.0. The number of carbonyl (C=O) groups excluding carboxylic acids is 2. The number of nitrogens with two attached hydrogens (primary N) is 2. The van der Waals surface area contributed by atoms with Crippen molar-refractivity contribution in [3.05, 3.63) is 70.8 Å². The molecule has 2 aliphatic carbocycles. The fourth-order valence-electron chi connectivity index (χ4n) is 11.4. The maximum Gasteiger partial charge on any atom is 0.315 e. The van der Waals surface area contributed by atoms with E-state index in [2.05, 4.69) is 58.3 Å². The van der Waals surface area contributed by atoms with Gasteiger partial charge in [0, 0.05) is 60.8 Å². The van der Waals surface area contributed by atoms with E-state index in [4.69, 9.17) is 11.5 Å². The summed E-state index contributed by atoms with van der Waals surface area (Å²) in [6.45, 7) is 3.76. The van der Waals surface area contributed by atoms with Gasteiger partial charge in [0.2, 0.25) is 0 Å². The number of carbonyl (C=O) groups is 2. The minimum Gasteiger partial charge on any atom is -0.351 e. The first-order chi connectivity index (χ1) is 25.5. The topological polar surface area (TPSA) is 99.1 Å². The molecule has 4 aliphatic heterocycles. The molecule has 2 aromatic rings. The molecule has 10 heteroatoms. The van der Waals surface area contributed by atoms with Gasteiger partial charge in [-0.15, -0.1) is 0 Å². The van der Waals surface area contributed by atoms with Gasteiger partial charge in [-0.2, -0.15) is 0 Å². The number of benzene rings is 2. The quantitative estimate of drug-likeness (QED) is 0.140. The highest BCUT2D eigenvalue weighted by Gasteiger charge is 2.44. The second kappa shape index (κ2) is 16.5. The molecule has 4 bridgehead atoms. The van der Waals surface area contributed by atoms with Gasteiger partial charge in [-0.25, -0.2) is 9.59 Å². The summed E-state index contributed by atoms with van der Waals surface area (Å²) in [4.78, 5) is 34.4. The lowest BCUT2D eigenvalue weighted by Crippen LogP contribution is -2.46. The molecule has 0 radical (unpaired) electrons. The van der Waals surface area contributed by atoms with Gasteiger partial charge in [0.05, 0.1) is 0 Å². The number of fused-ring (bicyclic) bond motifs is 10. The maximum atomic E-state index is 12.5. The number of primary amides is 2. The monoisotopic (exact) mass is 744 g/mol. The van der Waals surface area contributed by atoms with Gasteiger partial charge in [0.1, 0.15) is 0 Å². The van der Waals surface area contributed by atoms with E-state index in [1.54, 1.807) is 43.8 Å². The van der Waals surface area contributed by atoms with Gasteiger partial charge >= 0.3 is 12.1 Å². The van der Waals surface area contributed by atoms with Crippen LogP contribution in [0.25, 0.3) is 0 Å². The van der Waals surface area contributed by atoms with E-state index in [1.807, 2.05) is 9.80 Å². The Kier molecular flexibility index (Phi) is 11.6. The minimum atomic E-state index is -0.283. The Bertz CT molecular complexity index is 1370. The third-order valence-corrected chi connectivity index (χ3v) is 16.4. The number of hydrogen-bond donors (Lipinski definition) is 2. The van der Waals surface area contributed by atoms with Crippen LogP contribution in [-0.2, 0) is 0 Å². The molecule has 52 heavy (non-hydrogen) atoms. The van der Waals surface area contributed by atoms with Crippen molar-refractivity contribution in [1.82, 2.24) is 19.6 Å². The Morgan fingerprint density at radius 2 is 0.865 bits per heavy atom. The van der Waals surface area contributed by atoms with Crippen LogP contribution in [0.1, 0.15) is 136 Å². The molecule has 2 aromatic carbocycles. The second-order valence-corrected chi connectivity index (χ2v) is 19.3. The normalized spacial score (nSPS) is 30.7. The van der Waals surface area contributed by atoms with Gasteiger partial charge in [0.25, 0.3) is 0 Å². The summed E-state index contributed by atoms with van der Waals surface area (Å²) in [6, 6.07) is 20.6. The van der Waals surface area contributed by atoms with Gasteiger partial charge in [-0.05, 0) is 137 Å². The van der Waals surface area contributed by atoms with Crippen molar-refractivity contribution in [2.45, 2.75) is 126 Å². The SMILES string of the molecule is NC(=O)N(CCSSCCN(C(N)=O)C1CCC(CCN2[C@@H]3CC[C@H]2c2ccccc23)CC1)C1CCC(CCN2[C@@H]3CC[C@H]2c2ccccc23)CC1. The summed E-state index contributed by atoms with van der Waals surface area (Å²) < 4.78 is 0. The third kappa shape index (κ3) is 7.60. The van der Waals surface area contributed by atoms with Crippen molar-refractivity contribution in [3.63, 3.8) is 0 Å². The van der Waals surface area contributed by atoms with Crippen LogP contribution in [0, 0.1) is 11.8 Å². The molecule has 4 N–H and O–H groups in total. The van der Waals surface area contributed by atoms with E-state index in [1.165, 1.54) is 77.3 Å². The van der Waals surface area contributed by atoms with Crippen LogP contribution in [0.4, 0.5) is 9.59 Å². The first-order valence-corrected chi connectivity index (χ1v) is 23.0. The fourth-order valence-corrected chi connectivity index (χ4v) is 13.3. The first kappa shape index (κ1) is 36.6. The number of rotatable bonds is 15. The Hall–Kier alpha value is -2.40. The summed E-state index contributed by atoms with van der Waals surface area (Å²) in [5, 5.41) is 0. The van der Waals surface area contributed by atoms with Crippen LogP contribution in [0.3, 0.4) is 0 Å². The van der Waals surface area contributed by atoms with Crippen LogP contribution < -0.4 is 11.5 Å². The van der Waals surface area contributed by atoms with Crippen LogP contribution in [0.15, 0.2) is 48.5 Å². The van der Waals surface area contributed by atoms with Crippen molar-refractivity contribution in [1.29, 1.82) is 0 Å². The smallest absolute Gasteiger partial charge is 0.315 e. The van der Waals surface area contributed by atoms with E-state index in [0.717, 1.165) is 49.0 Å². The molecule has 8 nitrogen and oxygen atoms in total. The number of hydrogen-bond acceptors (Lipinski definition) is 6. The zero-order valence-corrected chi connectivity index (χ0v) is 32.6. The van der Waals surface area contributed by atoms with Gasteiger partial charge in [-0.3, -0.25) is 9.80 Å². The molecule has 282 valence electrons. The molecule has 8 rings (SSSR count). The van der Waals surface area contributed by atoms with E-state index < -0.39 is 0 Å². The standard InChI is InChI=1S/C42H60N6O2S2/c43-41(49)45(31-13-9-29(10-14-31)21-23-47-37-17-18-38(47)34-6-2-1-5-33(34)37)25-27-51-52-28-26-46(42(44)50)32-15-11-30(12-16-32)22-24-48-39-19-20-40(48)36-8-4-3-7-35(36)39/h1-8,29-32,37-40H,9-28H2,(H2,43,49)(H2,44,50)/t29?,30?,31?,32?,37-,38+,39-,40+. The summed E-state index contributed by atoms with van der Waals surface area (Å²) in [5.41, 5.74) is 18.1. The number of urea groups is 2. The maximum absolute atomic E-state index is 12.5. The Labute approximate surface area is 319 Å². The molecule has 6 aliphatic rings. The minimum absolute atomic E-state index is 0.258. The molecule has 0 spiro atoms. The predicted octanol–water partition coefficient (Wildman–Crippen LogP) is 8.81. The van der Waals surface area contributed by atoms with Crippen molar-refractivity contribution in [2.75, 3.05) is 37.7 Å². The average Bonchev–Trinajstić information content (AvgIpc) is 3.93. The summed E-state index contributed by atoms with van der Waals surface area (Å²) in [6.07, 6.45) is 16.7. The van der Waals surface area contributed by atoms with E-state index in [-0.39, 0.29) is 24.1 Å². The van der Waals surface area contributed by atoms with Crippen LogP contribution in [0.2, 0.25) is 0 Å². The summed E-state index contributed by atoms with van der Waals surface area (Å²) in [7, 11) is 3.57. The van der Waals surface area contributed by atoms with Crippen LogP contribution in [0.5, 0.6) is 0 Å². The lowest BCUT2D eigenvalue weighted by molar-refractivity contribution is 0.142. The molecule has 2 saturated carbocycles. The van der Waals surface area contributed by atoms with Crippen molar-refractivity contribution >= 4 is 33.7 Å². The first-order valence-electron chi connectivity index (χ1n) is 20.5. The lowest BCUT2D eigenvalue weighted by Gasteiger charge is -2.37. The molecule has 4 atom stereocenters. The number of nitrogens with zero attached hydrogens (tertiary/aromatic N) is 4. The number of amides is 4. The molecule has 4 fully saturated rings. The second-order valence-electron chi connectivity index (χ2n) is 16.6. The van der Waals surface area contributed by atoms with Crippen molar-refractivity contribution in [2.24, 2.45) is 23.3 Å². The zero-order chi connectivity index (χ0) is 35.6. The molecule has 4 amide bonds. The largest absolute Gasteiger partial charge is 0.351 e. The fraction of sp³-hybridized carbons (Fsp3) is 0.667. The highest BCUT2D eigenvalue weighted by atomic mass is 33.1. The Morgan fingerprint density at radius 1 is 0.538 bits per heavy atom. The molecule has 2 saturated heterocycles. The van der Waals surface area contributed by atoms with E-state index >= 15 is 0 Å². The van der Waals surface area contributed by atoms with E-state index in [0.29, 0.717) is 37.3 Å². The van der Waals surface area contributed by atoms with E-state index in [9.17, 15) is 9.59 Å². The predicted molar refractivity (Wildman–Crippen MR) is 214 cm³/mol.